The fourth-order valence-electron chi connectivity index (χ4n) is 3.01. The highest BCUT2D eigenvalue weighted by molar-refractivity contribution is 7.99. The number of rotatable bonds is 9. The first-order valence-electron chi connectivity index (χ1n) is 9.53. The van der Waals surface area contributed by atoms with Crippen molar-refractivity contribution in [2.45, 2.75) is 18.6 Å². The van der Waals surface area contributed by atoms with Gasteiger partial charge in [0.05, 0.1) is 37.1 Å². The summed E-state index contributed by atoms with van der Waals surface area (Å²) in [6.07, 6.45) is 0. The molecule has 0 spiro atoms. The molecule has 11 heteroatoms. The number of thioether (sulfide) groups is 1. The van der Waals surface area contributed by atoms with E-state index in [1.165, 1.54) is 11.8 Å². The zero-order valence-electron chi connectivity index (χ0n) is 17.9. The predicted octanol–water partition coefficient (Wildman–Crippen LogP) is 5.03. The van der Waals surface area contributed by atoms with Crippen molar-refractivity contribution in [2.75, 3.05) is 32.4 Å². The number of benzene rings is 2. The number of methoxy groups -OCH3 is 3. The first-order valence-corrected chi connectivity index (χ1v) is 11.3. The first-order chi connectivity index (χ1) is 15.4. The Kier molecular flexibility index (Phi) is 8.11. The Morgan fingerprint density at radius 2 is 1.72 bits per heavy atom. The lowest BCUT2D eigenvalue weighted by Gasteiger charge is -2.14. The van der Waals surface area contributed by atoms with Crippen molar-refractivity contribution in [1.29, 1.82) is 0 Å². The molecule has 0 unspecified atom stereocenters. The number of carbonyl (C=O) groups is 1. The summed E-state index contributed by atoms with van der Waals surface area (Å²) in [4.78, 5) is 12.4. The van der Waals surface area contributed by atoms with Crippen molar-refractivity contribution in [2.24, 2.45) is 0 Å². The molecule has 1 heterocycles. The average molecular weight is 497 g/mol. The SMILES string of the molecule is CCn1c(SCC(=O)Nc2ccc(Cl)c(Cl)c2)nnc1-c1cc(OC)c(OC)c(OC)c1. The summed E-state index contributed by atoms with van der Waals surface area (Å²) in [6, 6.07) is 8.54. The van der Waals surface area contributed by atoms with Gasteiger partial charge in [0.25, 0.3) is 0 Å². The molecular formula is C21H22Cl2N4O4S. The molecule has 1 N–H and O–H groups in total. The predicted molar refractivity (Wildman–Crippen MR) is 127 cm³/mol. The second kappa shape index (κ2) is 10.8. The fourth-order valence-corrected chi connectivity index (χ4v) is 4.11. The maximum absolute atomic E-state index is 12.4. The molecule has 8 nitrogen and oxygen atoms in total. The number of nitrogens with one attached hydrogen (secondary N) is 1. The molecule has 3 rings (SSSR count). The Morgan fingerprint density at radius 3 is 2.28 bits per heavy atom. The van der Waals surface area contributed by atoms with Crippen molar-refractivity contribution < 1.29 is 19.0 Å². The first kappa shape index (κ1) is 24.0. The van der Waals surface area contributed by atoms with E-state index in [1.54, 1.807) is 39.5 Å². The van der Waals surface area contributed by atoms with E-state index >= 15 is 0 Å². The standard InChI is InChI=1S/C21H22Cl2N4O4S/c1-5-27-20(12-8-16(29-2)19(31-4)17(9-12)30-3)25-26-21(27)32-11-18(28)24-13-6-7-14(22)15(23)10-13/h6-10H,5,11H2,1-4H3,(H,24,28). The van der Waals surface area contributed by atoms with Crippen molar-refractivity contribution >= 4 is 46.6 Å². The van der Waals surface area contributed by atoms with E-state index in [1.807, 2.05) is 23.6 Å². The van der Waals surface area contributed by atoms with Crippen molar-refractivity contribution in [3.8, 4) is 28.6 Å². The molecule has 0 aliphatic carbocycles. The average Bonchev–Trinajstić information content (AvgIpc) is 3.22. The van der Waals surface area contributed by atoms with Crippen LogP contribution in [0.5, 0.6) is 17.2 Å². The van der Waals surface area contributed by atoms with E-state index in [2.05, 4.69) is 15.5 Å². The quantitative estimate of drug-likeness (QED) is 0.415. The van der Waals surface area contributed by atoms with Gasteiger partial charge in [0.2, 0.25) is 11.7 Å². The minimum atomic E-state index is -0.201. The Morgan fingerprint density at radius 1 is 1.03 bits per heavy atom. The van der Waals surface area contributed by atoms with Crippen LogP contribution in [0.4, 0.5) is 5.69 Å². The Bertz CT molecular complexity index is 1100. The van der Waals surface area contributed by atoms with Crippen LogP contribution in [0.25, 0.3) is 11.4 Å². The summed E-state index contributed by atoms with van der Waals surface area (Å²) in [5.41, 5.74) is 1.32. The third-order valence-corrected chi connectivity index (χ3v) is 6.20. The number of amides is 1. The highest BCUT2D eigenvalue weighted by atomic mass is 35.5. The van der Waals surface area contributed by atoms with Gasteiger partial charge in [0.1, 0.15) is 0 Å². The van der Waals surface area contributed by atoms with Gasteiger partial charge >= 0.3 is 0 Å². The molecule has 0 bridgehead atoms. The summed E-state index contributed by atoms with van der Waals surface area (Å²) >= 11 is 13.2. The number of anilines is 1. The van der Waals surface area contributed by atoms with Crippen LogP contribution in [-0.4, -0.2) is 47.8 Å². The molecule has 1 aromatic heterocycles. The molecule has 170 valence electrons. The fraction of sp³-hybridized carbons (Fsp3) is 0.286. The second-order valence-corrected chi connectivity index (χ2v) is 8.19. The molecule has 0 atom stereocenters. The third kappa shape index (κ3) is 5.23. The minimum absolute atomic E-state index is 0.146. The Labute approximate surface area is 200 Å². The van der Waals surface area contributed by atoms with Crippen LogP contribution in [-0.2, 0) is 11.3 Å². The van der Waals surface area contributed by atoms with Crippen LogP contribution in [0.1, 0.15) is 6.92 Å². The molecule has 3 aromatic rings. The lowest BCUT2D eigenvalue weighted by molar-refractivity contribution is -0.113. The number of aromatic nitrogens is 3. The van der Waals surface area contributed by atoms with Crippen molar-refractivity contribution in [1.82, 2.24) is 14.8 Å². The normalized spacial score (nSPS) is 10.7. The number of ether oxygens (including phenoxy) is 3. The van der Waals surface area contributed by atoms with Gasteiger partial charge in [0, 0.05) is 17.8 Å². The highest BCUT2D eigenvalue weighted by Gasteiger charge is 2.19. The number of carbonyl (C=O) groups excluding carboxylic acids is 1. The number of hydrogen-bond acceptors (Lipinski definition) is 7. The minimum Gasteiger partial charge on any atom is -0.493 e. The van der Waals surface area contributed by atoms with Gasteiger partial charge in [-0.2, -0.15) is 0 Å². The van der Waals surface area contributed by atoms with Crippen molar-refractivity contribution in [3.63, 3.8) is 0 Å². The molecular weight excluding hydrogens is 475 g/mol. The van der Waals surface area contributed by atoms with Crippen molar-refractivity contribution in [3.05, 3.63) is 40.4 Å². The topological polar surface area (TPSA) is 87.5 Å². The van der Waals surface area contributed by atoms with E-state index < -0.39 is 0 Å². The molecule has 2 aromatic carbocycles. The maximum atomic E-state index is 12.4. The lowest BCUT2D eigenvalue weighted by atomic mass is 10.1. The van der Waals surface area contributed by atoms with E-state index in [-0.39, 0.29) is 11.7 Å². The number of nitrogens with zero attached hydrogens (tertiary/aromatic N) is 3. The molecule has 0 aliphatic rings. The Balaban J connectivity index is 1.79. The summed E-state index contributed by atoms with van der Waals surface area (Å²) < 4.78 is 18.2. The van der Waals surface area contributed by atoms with E-state index in [4.69, 9.17) is 37.4 Å². The molecule has 32 heavy (non-hydrogen) atoms. The van der Waals surface area contributed by atoms with Gasteiger partial charge in [-0.15, -0.1) is 10.2 Å². The van der Waals surface area contributed by atoms with Crippen LogP contribution >= 0.6 is 35.0 Å². The van der Waals surface area contributed by atoms with Gasteiger partial charge in [0.15, 0.2) is 22.5 Å². The van der Waals surface area contributed by atoms with Crippen LogP contribution in [0, 0.1) is 0 Å². The summed E-state index contributed by atoms with van der Waals surface area (Å²) in [7, 11) is 4.66. The van der Waals surface area contributed by atoms with Crippen LogP contribution < -0.4 is 19.5 Å². The van der Waals surface area contributed by atoms with E-state index in [0.717, 1.165) is 5.56 Å². The maximum Gasteiger partial charge on any atom is 0.234 e. The zero-order valence-corrected chi connectivity index (χ0v) is 20.3. The summed E-state index contributed by atoms with van der Waals surface area (Å²) in [5, 5.41) is 12.8. The molecule has 0 fully saturated rings. The number of halogens is 2. The van der Waals surface area contributed by atoms with Crippen LogP contribution in [0.3, 0.4) is 0 Å². The smallest absolute Gasteiger partial charge is 0.234 e. The summed E-state index contributed by atoms with van der Waals surface area (Å²) in [6.45, 7) is 2.58. The van der Waals surface area contributed by atoms with Gasteiger partial charge in [-0.3, -0.25) is 4.79 Å². The van der Waals surface area contributed by atoms with E-state index in [9.17, 15) is 4.79 Å². The third-order valence-electron chi connectivity index (χ3n) is 4.49. The van der Waals surface area contributed by atoms with Crippen LogP contribution in [0.15, 0.2) is 35.5 Å². The van der Waals surface area contributed by atoms with Gasteiger partial charge in [-0.25, -0.2) is 0 Å². The number of hydrogen-bond donors (Lipinski definition) is 1. The highest BCUT2D eigenvalue weighted by Crippen LogP contribution is 2.41. The summed E-state index contributed by atoms with van der Waals surface area (Å²) in [5.74, 6) is 2.10. The molecule has 0 radical (unpaired) electrons. The molecule has 0 saturated carbocycles. The van der Waals surface area contributed by atoms with Gasteiger partial charge < -0.3 is 24.1 Å². The van der Waals surface area contributed by atoms with Gasteiger partial charge in [-0.05, 0) is 37.3 Å². The molecule has 1 amide bonds. The van der Waals surface area contributed by atoms with Crippen LogP contribution in [0.2, 0.25) is 10.0 Å². The monoisotopic (exact) mass is 496 g/mol. The largest absolute Gasteiger partial charge is 0.493 e. The van der Waals surface area contributed by atoms with E-state index in [0.29, 0.717) is 50.5 Å². The lowest BCUT2D eigenvalue weighted by Crippen LogP contribution is -2.14. The molecule has 0 saturated heterocycles. The zero-order chi connectivity index (χ0) is 23.3. The second-order valence-electron chi connectivity index (χ2n) is 6.43. The Hall–Kier alpha value is -2.62. The molecule has 0 aliphatic heterocycles. The van der Waals surface area contributed by atoms with Gasteiger partial charge in [-0.1, -0.05) is 35.0 Å².